The number of hydrogen-bond donors (Lipinski definition) is 1. The van der Waals surface area contributed by atoms with Gasteiger partial charge in [0.05, 0.1) is 22.4 Å². The van der Waals surface area contributed by atoms with Gasteiger partial charge in [-0.2, -0.15) is 0 Å². The topological polar surface area (TPSA) is 105 Å². The van der Waals surface area contributed by atoms with Crippen molar-refractivity contribution < 1.29 is 28.1 Å². The molecule has 2 aliphatic carbocycles. The van der Waals surface area contributed by atoms with E-state index in [0.29, 0.717) is 18.1 Å². The molecule has 0 radical (unpaired) electrons. The lowest BCUT2D eigenvalue weighted by atomic mass is 9.78. The molecule has 4 heterocycles. The van der Waals surface area contributed by atoms with Crippen LogP contribution in [0.1, 0.15) is 139 Å². The van der Waals surface area contributed by atoms with Crippen LogP contribution in [0.2, 0.25) is 0 Å². The Hall–Kier alpha value is -6.01. The number of amides is 1. The zero-order valence-corrected chi connectivity index (χ0v) is 47.2. The summed E-state index contributed by atoms with van der Waals surface area (Å²) >= 11 is 3.36. The number of nitrogens with two attached hydrogens (primary N) is 1. The van der Waals surface area contributed by atoms with Gasteiger partial charge in [0, 0.05) is 23.5 Å². The first-order valence-electron chi connectivity index (χ1n) is 26.6. The predicted octanol–water partition coefficient (Wildman–Crippen LogP) is 13.3. The fraction of sp³-hybridized carbons (Fsp3) is 0.344. The maximum absolute atomic E-state index is 13.5. The Balaban J connectivity index is 0.000000137. The first-order valence-corrected chi connectivity index (χ1v) is 27.4. The molecule has 2 saturated heterocycles. The van der Waals surface area contributed by atoms with Crippen LogP contribution in [0, 0.1) is 0 Å². The number of rotatable bonds is 8. The molecule has 2 N–H and O–H groups in total. The molecule has 392 valence electrons. The van der Waals surface area contributed by atoms with Gasteiger partial charge in [-0.15, -0.1) is 0 Å². The first-order chi connectivity index (χ1) is 36.1. The van der Waals surface area contributed by atoms with E-state index in [2.05, 4.69) is 151 Å². The lowest BCUT2D eigenvalue weighted by Gasteiger charge is -2.37. The van der Waals surface area contributed by atoms with Crippen molar-refractivity contribution in [2.45, 2.75) is 133 Å². The number of ether oxygens (including phenoxy) is 1. The molecule has 9 nitrogen and oxygen atoms in total. The minimum Gasteiger partial charge on any atom is -0.485 e. The fourth-order valence-electron chi connectivity index (χ4n) is 9.76. The van der Waals surface area contributed by atoms with Gasteiger partial charge in [-0.1, -0.05) is 163 Å². The van der Waals surface area contributed by atoms with E-state index < -0.39 is 5.54 Å². The van der Waals surface area contributed by atoms with Crippen molar-refractivity contribution in [1.29, 1.82) is 0 Å². The highest BCUT2D eigenvalue weighted by molar-refractivity contribution is 9.10. The van der Waals surface area contributed by atoms with Gasteiger partial charge >= 0.3 is 14.2 Å². The summed E-state index contributed by atoms with van der Waals surface area (Å²) in [6.07, 6.45) is 8.97. The molecule has 2 atom stereocenters. The normalized spacial score (nSPS) is 22.1. The van der Waals surface area contributed by atoms with Crippen molar-refractivity contribution in [3.05, 3.63) is 197 Å². The maximum Gasteiger partial charge on any atom is 0.494 e. The van der Waals surface area contributed by atoms with E-state index in [1.54, 1.807) is 7.05 Å². The molecular weight excluding hydrogens is 1010 g/mol. The summed E-state index contributed by atoms with van der Waals surface area (Å²) in [7, 11) is 1.17. The molecule has 1 spiro atoms. The summed E-state index contributed by atoms with van der Waals surface area (Å²) in [6, 6.07) is 49.6. The van der Waals surface area contributed by atoms with Crippen molar-refractivity contribution in [2.24, 2.45) is 10.7 Å². The Labute approximate surface area is 460 Å². The van der Waals surface area contributed by atoms with Crippen LogP contribution in [0.25, 0.3) is 23.3 Å². The van der Waals surface area contributed by atoms with Crippen molar-refractivity contribution in [1.82, 2.24) is 4.90 Å². The molecule has 12 heteroatoms. The average molecular weight is 1080 g/mol. The van der Waals surface area contributed by atoms with Crippen LogP contribution in [0.3, 0.4) is 0 Å². The third-order valence-corrected chi connectivity index (χ3v) is 16.7. The van der Waals surface area contributed by atoms with E-state index in [1.165, 1.54) is 41.7 Å². The van der Waals surface area contributed by atoms with Gasteiger partial charge in [0.25, 0.3) is 5.91 Å². The third-order valence-electron chi connectivity index (χ3n) is 16.2. The minimum absolute atomic E-state index is 0.107. The Morgan fingerprint density at radius 3 is 1.59 bits per heavy atom. The van der Waals surface area contributed by atoms with Gasteiger partial charge < -0.3 is 29.1 Å². The standard InChI is InChI=1S/C27H25N3O2.C15H21BO2.C14H19BO2.C8H7Br/c1-30-25(31)27(29-26(30)28)16-24(18-6-3-2-4-7-18)32-23-13-12-21(15-22(23)27)20-9-5-8-19(14-20)17-10-11-17;1-14(2)15(3,4)18-16(17-14)13-7-5-6-12(10-13)11-8-9-11;1-6-11-8-7-9-12(10-11)15-16-13(2,3)14(4,5)17-15;1-2-7-4-3-5-8(9)6-7/h2-9,12-15,17,24H,10-11,16H2,1H3,(H2,28,29);5-7,10-11H,8-9H2,1-4H3;6-10H,1H2,2-5H3;2-6H,1H2. The number of fused-ring (bicyclic) bond motifs is 2. The molecule has 12 rings (SSSR count). The van der Waals surface area contributed by atoms with Crippen molar-refractivity contribution in [3.63, 3.8) is 0 Å². The van der Waals surface area contributed by atoms with Crippen LogP contribution in [0.5, 0.6) is 5.75 Å². The van der Waals surface area contributed by atoms with E-state index in [4.69, 9.17) is 34.1 Å². The van der Waals surface area contributed by atoms with Crippen molar-refractivity contribution in [2.75, 3.05) is 7.05 Å². The summed E-state index contributed by atoms with van der Waals surface area (Å²) in [5.41, 5.74) is 15.2. The van der Waals surface area contributed by atoms with Crippen LogP contribution in [-0.2, 0) is 29.0 Å². The van der Waals surface area contributed by atoms with Gasteiger partial charge in [0.2, 0.25) is 0 Å². The van der Waals surface area contributed by atoms with Gasteiger partial charge in [0.1, 0.15) is 11.9 Å². The van der Waals surface area contributed by atoms with Gasteiger partial charge in [-0.25, -0.2) is 4.99 Å². The molecule has 2 saturated carbocycles. The van der Waals surface area contributed by atoms with Gasteiger partial charge in [0.15, 0.2) is 11.5 Å². The van der Waals surface area contributed by atoms with Crippen LogP contribution >= 0.6 is 15.9 Å². The lowest BCUT2D eigenvalue weighted by Crippen LogP contribution is -2.43. The van der Waals surface area contributed by atoms with Crippen molar-refractivity contribution in [3.8, 4) is 16.9 Å². The van der Waals surface area contributed by atoms with Crippen LogP contribution in [-0.4, -0.2) is 60.5 Å². The molecule has 4 fully saturated rings. The van der Waals surface area contributed by atoms with Crippen LogP contribution in [0.4, 0.5) is 0 Å². The Kier molecular flexibility index (Phi) is 15.7. The monoisotopic (exact) mass is 1080 g/mol. The molecule has 6 aliphatic rings. The fourth-order valence-corrected chi connectivity index (χ4v) is 10.2. The highest BCUT2D eigenvalue weighted by Gasteiger charge is 2.55. The molecule has 0 bridgehead atoms. The second kappa shape index (κ2) is 21.8. The summed E-state index contributed by atoms with van der Waals surface area (Å²) in [6.45, 7) is 24.0. The number of aliphatic imine (C=N–C) groups is 1. The Bertz CT molecular complexity index is 3100. The van der Waals surface area contributed by atoms with Gasteiger partial charge in [-0.05, 0) is 167 Å². The summed E-state index contributed by atoms with van der Waals surface area (Å²) in [5, 5.41) is 0. The summed E-state index contributed by atoms with van der Waals surface area (Å²) < 4.78 is 31.7. The number of halogens is 1. The number of guanidine groups is 1. The van der Waals surface area contributed by atoms with E-state index in [9.17, 15) is 4.79 Å². The minimum atomic E-state index is -1.07. The highest BCUT2D eigenvalue weighted by atomic mass is 79.9. The quantitative estimate of drug-likeness (QED) is 0.151. The van der Waals surface area contributed by atoms with E-state index in [1.807, 2.05) is 91.0 Å². The lowest BCUT2D eigenvalue weighted by molar-refractivity contribution is -0.132. The van der Waals surface area contributed by atoms with Gasteiger partial charge in [-0.3, -0.25) is 9.69 Å². The molecule has 6 aromatic rings. The van der Waals surface area contributed by atoms with Crippen LogP contribution in [0.15, 0.2) is 168 Å². The molecule has 76 heavy (non-hydrogen) atoms. The first kappa shape index (κ1) is 54.8. The Morgan fingerprint density at radius 2 is 1.08 bits per heavy atom. The number of benzene rings is 6. The molecule has 4 aliphatic heterocycles. The zero-order valence-electron chi connectivity index (χ0n) is 45.6. The predicted molar refractivity (Wildman–Crippen MR) is 315 cm³/mol. The molecule has 0 aromatic heterocycles. The maximum atomic E-state index is 13.5. The Morgan fingerprint density at radius 1 is 0.592 bits per heavy atom. The number of likely N-dealkylation sites (N-methyl/N-ethyl adjacent to an activating group) is 1. The van der Waals surface area contributed by atoms with Crippen molar-refractivity contribution >= 4 is 65.1 Å². The largest absolute Gasteiger partial charge is 0.494 e. The molecule has 1 amide bonds. The highest BCUT2D eigenvalue weighted by Crippen LogP contribution is 2.51. The number of nitrogens with zero attached hydrogens (tertiary/aromatic N) is 2. The zero-order chi connectivity index (χ0) is 54.2. The number of carbonyl (C=O) groups excluding carboxylic acids is 1. The third kappa shape index (κ3) is 11.8. The molecule has 6 aromatic carbocycles. The second-order valence-corrected chi connectivity index (χ2v) is 23.7. The average Bonchev–Trinajstić information content (AvgIpc) is 4.37. The van der Waals surface area contributed by atoms with E-state index in [0.717, 1.165) is 54.7 Å². The van der Waals surface area contributed by atoms with E-state index >= 15 is 0 Å². The number of carbonyl (C=O) groups is 1. The second-order valence-electron chi connectivity index (χ2n) is 22.8. The smallest absolute Gasteiger partial charge is 0.485 e. The van der Waals surface area contributed by atoms with E-state index in [-0.39, 0.29) is 54.6 Å². The molecule has 2 unspecified atom stereocenters. The summed E-state index contributed by atoms with van der Waals surface area (Å²) in [5.74, 6) is 2.28. The summed E-state index contributed by atoms with van der Waals surface area (Å²) in [4.78, 5) is 19.7. The molecular formula is C64H72B2BrN3O6. The SMILES string of the molecule is C=Cc1cccc(B2OC(C)(C)C(C)(C)O2)c1.C=Cc1cccc(Br)c1.CC1(C)OB(c2cccc(C3CC3)c2)OC1(C)C.CN1C(=O)C2(CC(c3ccccc3)Oc3ccc(-c4cccc(C5CC5)c4)cc32)N=C1N. The van der Waals surface area contributed by atoms with Crippen LogP contribution < -0.4 is 21.4 Å². The number of hydrogen-bond acceptors (Lipinski definition) is 8.